The lowest BCUT2D eigenvalue weighted by atomic mass is 10.0. The van der Waals surface area contributed by atoms with Crippen LogP contribution in [0, 0.1) is 5.92 Å². The Labute approximate surface area is 116 Å². The van der Waals surface area contributed by atoms with E-state index in [1.54, 1.807) is 7.11 Å². The molecule has 1 saturated heterocycles. The SMILES string of the molecule is COC(C)CCC(=O)N1CCC(NCC2CC2)CC1. The normalized spacial score (nSPS) is 22.5. The molecule has 4 heteroatoms. The van der Waals surface area contributed by atoms with E-state index in [1.807, 2.05) is 11.8 Å². The smallest absolute Gasteiger partial charge is 0.222 e. The lowest BCUT2D eigenvalue weighted by Gasteiger charge is -2.32. The molecule has 4 nitrogen and oxygen atoms in total. The topological polar surface area (TPSA) is 41.6 Å². The highest BCUT2D eigenvalue weighted by molar-refractivity contribution is 5.76. The Hall–Kier alpha value is -0.610. The van der Waals surface area contributed by atoms with Crippen LogP contribution in [0.3, 0.4) is 0 Å². The number of nitrogens with zero attached hydrogens (tertiary/aromatic N) is 1. The summed E-state index contributed by atoms with van der Waals surface area (Å²) in [6.07, 6.45) is 6.66. The standard InChI is InChI=1S/C15H28N2O2/c1-12(19-2)3-6-15(18)17-9-7-14(8-10-17)16-11-13-4-5-13/h12-14,16H,3-11H2,1-2H3. The average molecular weight is 268 g/mol. The molecule has 2 fully saturated rings. The summed E-state index contributed by atoms with van der Waals surface area (Å²) < 4.78 is 5.18. The van der Waals surface area contributed by atoms with Crippen LogP contribution in [0.15, 0.2) is 0 Å². The molecule has 2 aliphatic rings. The lowest BCUT2D eigenvalue weighted by Crippen LogP contribution is -2.45. The first-order valence-corrected chi connectivity index (χ1v) is 7.73. The fourth-order valence-electron chi connectivity index (χ4n) is 2.59. The molecule has 0 radical (unpaired) electrons. The molecule has 0 aromatic heterocycles. The second-order valence-electron chi connectivity index (χ2n) is 6.09. The maximum absolute atomic E-state index is 12.1. The average Bonchev–Trinajstić information content (AvgIpc) is 3.27. The van der Waals surface area contributed by atoms with Crippen LogP contribution < -0.4 is 5.32 Å². The third kappa shape index (κ3) is 5.11. The number of carbonyl (C=O) groups is 1. The number of nitrogens with one attached hydrogen (secondary N) is 1. The summed E-state index contributed by atoms with van der Waals surface area (Å²) in [6.45, 7) is 5.04. The van der Waals surface area contributed by atoms with Crippen LogP contribution >= 0.6 is 0 Å². The van der Waals surface area contributed by atoms with Gasteiger partial charge >= 0.3 is 0 Å². The summed E-state index contributed by atoms with van der Waals surface area (Å²) >= 11 is 0. The van der Waals surface area contributed by atoms with E-state index in [4.69, 9.17) is 4.74 Å². The summed E-state index contributed by atoms with van der Waals surface area (Å²) in [5.41, 5.74) is 0. The van der Waals surface area contributed by atoms with Gasteiger partial charge in [0.25, 0.3) is 0 Å². The van der Waals surface area contributed by atoms with E-state index in [1.165, 1.54) is 19.4 Å². The Kier molecular flexibility index (Phi) is 5.64. The molecule has 1 saturated carbocycles. The van der Waals surface area contributed by atoms with E-state index in [0.29, 0.717) is 18.4 Å². The number of hydrogen-bond donors (Lipinski definition) is 1. The first kappa shape index (κ1) is 14.8. The number of likely N-dealkylation sites (tertiary alicyclic amines) is 1. The zero-order valence-corrected chi connectivity index (χ0v) is 12.4. The van der Waals surface area contributed by atoms with Gasteiger partial charge in [-0.25, -0.2) is 0 Å². The third-order valence-corrected chi connectivity index (χ3v) is 4.41. The molecule has 0 bridgehead atoms. The number of piperidine rings is 1. The van der Waals surface area contributed by atoms with Gasteiger partial charge in [0.15, 0.2) is 0 Å². The van der Waals surface area contributed by atoms with Crippen molar-refractivity contribution in [2.45, 2.75) is 57.6 Å². The van der Waals surface area contributed by atoms with Gasteiger partial charge in [0.05, 0.1) is 6.10 Å². The number of methoxy groups -OCH3 is 1. The summed E-state index contributed by atoms with van der Waals surface area (Å²) in [6, 6.07) is 0.627. The van der Waals surface area contributed by atoms with Crippen molar-refractivity contribution in [3.63, 3.8) is 0 Å². The van der Waals surface area contributed by atoms with Gasteiger partial charge in [-0.2, -0.15) is 0 Å². The van der Waals surface area contributed by atoms with Crippen molar-refractivity contribution in [3.05, 3.63) is 0 Å². The zero-order valence-electron chi connectivity index (χ0n) is 12.4. The predicted octanol–water partition coefficient (Wildman–Crippen LogP) is 1.79. The molecule has 1 heterocycles. The largest absolute Gasteiger partial charge is 0.382 e. The molecular formula is C15H28N2O2. The summed E-state index contributed by atoms with van der Waals surface area (Å²) in [7, 11) is 1.70. The summed E-state index contributed by atoms with van der Waals surface area (Å²) in [5, 5.41) is 3.64. The Morgan fingerprint density at radius 1 is 1.32 bits per heavy atom. The van der Waals surface area contributed by atoms with Crippen LogP contribution in [0.2, 0.25) is 0 Å². The van der Waals surface area contributed by atoms with Crippen molar-refractivity contribution in [3.8, 4) is 0 Å². The highest BCUT2D eigenvalue weighted by Gasteiger charge is 2.25. The number of carbonyl (C=O) groups excluding carboxylic acids is 1. The molecule has 0 aromatic rings. The zero-order chi connectivity index (χ0) is 13.7. The summed E-state index contributed by atoms with van der Waals surface area (Å²) in [5.74, 6) is 1.24. The summed E-state index contributed by atoms with van der Waals surface area (Å²) in [4.78, 5) is 14.1. The maximum Gasteiger partial charge on any atom is 0.222 e. The van der Waals surface area contributed by atoms with Gasteiger partial charge < -0.3 is 15.0 Å². The fraction of sp³-hybridized carbons (Fsp3) is 0.933. The molecule has 0 spiro atoms. The minimum absolute atomic E-state index is 0.182. The molecule has 1 aliphatic heterocycles. The van der Waals surface area contributed by atoms with Crippen molar-refractivity contribution in [1.82, 2.24) is 10.2 Å². The fourth-order valence-corrected chi connectivity index (χ4v) is 2.59. The van der Waals surface area contributed by atoms with E-state index in [0.717, 1.165) is 38.3 Å². The number of hydrogen-bond acceptors (Lipinski definition) is 3. The van der Waals surface area contributed by atoms with Crippen LogP contribution in [-0.2, 0) is 9.53 Å². The van der Waals surface area contributed by atoms with E-state index in [2.05, 4.69) is 5.32 Å². The first-order valence-electron chi connectivity index (χ1n) is 7.73. The third-order valence-electron chi connectivity index (χ3n) is 4.41. The molecule has 1 unspecified atom stereocenters. The second-order valence-corrected chi connectivity index (χ2v) is 6.09. The molecule has 1 atom stereocenters. The van der Waals surface area contributed by atoms with Crippen molar-refractivity contribution in [2.24, 2.45) is 5.92 Å². The van der Waals surface area contributed by atoms with Crippen molar-refractivity contribution in [1.29, 1.82) is 0 Å². The number of rotatable bonds is 7. The van der Waals surface area contributed by atoms with E-state index >= 15 is 0 Å². The predicted molar refractivity (Wildman–Crippen MR) is 76.0 cm³/mol. The molecule has 1 aliphatic carbocycles. The lowest BCUT2D eigenvalue weighted by molar-refractivity contribution is -0.133. The van der Waals surface area contributed by atoms with E-state index in [-0.39, 0.29) is 6.10 Å². The maximum atomic E-state index is 12.1. The van der Waals surface area contributed by atoms with Crippen LogP contribution in [0.4, 0.5) is 0 Å². The molecule has 0 aromatic carbocycles. The number of amides is 1. The van der Waals surface area contributed by atoms with Gasteiger partial charge in [-0.15, -0.1) is 0 Å². The van der Waals surface area contributed by atoms with Gasteiger partial charge in [-0.1, -0.05) is 0 Å². The van der Waals surface area contributed by atoms with Crippen LogP contribution in [0.25, 0.3) is 0 Å². The van der Waals surface area contributed by atoms with Gasteiger partial charge in [0.2, 0.25) is 5.91 Å². The van der Waals surface area contributed by atoms with Crippen LogP contribution in [0.1, 0.15) is 45.4 Å². The quantitative estimate of drug-likeness (QED) is 0.765. The molecular weight excluding hydrogens is 240 g/mol. The van der Waals surface area contributed by atoms with Gasteiger partial charge in [-0.05, 0) is 51.5 Å². The molecule has 1 N–H and O–H groups in total. The van der Waals surface area contributed by atoms with Crippen molar-refractivity contribution < 1.29 is 9.53 Å². The minimum atomic E-state index is 0.182. The Bertz CT molecular complexity index is 284. The molecule has 110 valence electrons. The van der Waals surface area contributed by atoms with Gasteiger partial charge in [0, 0.05) is 32.7 Å². The van der Waals surface area contributed by atoms with Crippen molar-refractivity contribution in [2.75, 3.05) is 26.7 Å². The van der Waals surface area contributed by atoms with Crippen LogP contribution in [-0.4, -0.2) is 49.7 Å². The Balaban J connectivity index is 1.59. The minimum Gasteiger partial charge on any atom is -0.382 e. The van der Waals surface area contributed by atoms with Gasteiger partial charge in [0.1, 0.15) is 0 Å². The van der Waals surface area contributed by atoms with Crippen LogP contribution in [0.5, 0.6) is 0 Å². The van der Waals surface area contributed by atoms with E-state index in [9.17, 15) is 4.79 Å². The van der Waals surface area contributed by atoms with Gasteiger partial charge in [-0.3, -0.25) is 4.79 Å². The highest BCUT2D eigenvalue weighted by Crippen LogP contribution is 2.28. The highest BCUT2D eigenvalue weighted by atomic mass is 16.5. The molecule has 19 heavy (non-hydrogen) atoms. The Morgan fingerprint density at radius 2 is 2.00 bits per heavy atom. The second kappa shape index (κ2) is 7.25. The molecule has 1 amide bonds. The first-order chi connectivity index (χ1) is 9.19. The molecule has 2 rings (SSSR count). The van der Waals surface area contributed by atoms with Crippen molar-refractivity contribution >= 4 is 5.91 Å². The number of ether oxygens (including phenoxy) is 1. The van der Waals surface area contributed by atoms with E-state index < -0.39 is 0 Å². The Morgan fingerprint density at radius 3 is 2.58 bits per heavy atom. The monoisotopic (exact) mass is 268 g/mol.